The molecule has 0 bridgehead atoms. The van der Waals surface area contributed by atoms with Crippen LogP contribution in [-0.2, 0) is 4.79 Å². The number of aryl methyl sites for hydroxylation is 1. The van der Waals surface area contributed by atoms with Crippen LogP contribution in [-0.4, -0.2) is 29.1 Å². The molecule has 2 rings (SSSR count). The first-order valence-electron chi connectivity index (χ1n) is 5.57. The standard InChI is InChI=1S/C12H16N2O2.ClH/c1-9-8-13-5-2-11(9)14-6-3-10(4-7-14)12(15)16;/h2,5,8,10H,3-4,6-7H2,1H3,(H,15,16);1H. The van der Waals surface area contributed by atoms with Crippen molar-refractivity contribution in [2.45, 2.75) is 19.8 Å². The summed E-state index contributed by atoms with van der Waals surface area (Å²) in [6, 6.07) is 2.00. The highest BCUT2D eigenvalue weighted by Gasteiger charge is 2.24. The molecular weight excluding hydrogens is 240 g/mol. The van der Waals surface area contributed by atoms with Crippen molar-refractivity contribution in [1.82, 2.24) is 4.98 Å². The van der Waals surface area contributed by atoms with Crippen molar-refractivity contribution in [1.29, 1.82) is 0 Å². The number of aromatic nitrogens is 1. The van der Waals surface area contributed by atoms with E-state index in [1.54, 1.807) is 6.20 Å². The van der Waals surface area contributed by atoms with Crippen molar-refractivity contribution < 1.29 is 9.90 Å². The van der Waals surface area contributed by atoms with Gasteiger partial charge in [0.05, 0.1) is 5.92 Å². The van der Waals surface area contributed by atoms with Gasteiger partial charge in [-0.3, -0.25) is 9.78 Å². The van der Waals surface area contributed by atoms with Gasteiger partial charge >= 0.3 is 5.97 Å². The van der Waals surface area contributed by atoms with Gasteiger partial charge in [-0.2, -0.15) is 0 Å². The second-order valence-corrected chi connectivity index (χ2v) is 4.26. The van der Waals surface area contributed by atoms with Gasteiger partial charge in [-0.05, 0) is 31.4 Å². The minimum absolute atomic E-state index is 0. The highest BCUT2D eigenvalue weighted by Crippen LogP contribution is 2.25. The number of anilines is 1. The van der Waals surface area contributed by atoms with Gasteiger partial charge in [0, 0.05) is 31.2 Å². The van der Waals surface area contributed by atoms with Crippen LogP contribution in [0.1, 0.15) is 18.4 Å². The highest BCUT2D eigenvalue weighted by molar-refractivity contribution is 5.85. The largest absolute Gasteiger partial charge is 0.481 e. The Labute approximate surface area is 107 Å². The maximum Gasteiger partial charge on any atom is 0.306 e. The Morgan fingerprint density at radius 3 is 2.65 bits per heavy atom. The highest BCUT2D eigenvalue weighted by atomic mass is 35.5. The van der Waals surface area contributed by atoms with Crippen LogP contribution in [0.25, 0.3) is 0 Å². The van der Waals surface area contributed by atoms with Crippen LogP contribution in [0.15, 0.2) is 18.5 Å². The number of halogens is 1. The van der Waals surface area contributed by atoms with Crippen molar-refractivity contribution in [2.75, 3.05) is 18.0 Å². The molecule has 1 aromatic rings. The average Bonchev–Trinajstić information content (AvgIpc) is 2.30. The van der Waals surface area contributed by atoms with Gasteiger partial charge in [-0.1, -0.05) is 0 Å². The lowest BCUT2D eigenvalue weighted by molar-refractivity contribution is -0.142. The number of aliphatic carboxylic acids is 1. The molecule has 4 nitrogen and oxygen atoms in total. The molecule has 1 fully saturated rings. The van der Waals surface area contributed by atoms with E-state index in [9.17, 15) is 4.79 Å². The first-order valence-corrected chi connectivity index (χ1v) is 5.57. The number of pyridine rings is 1. The fourth-order valence-electron chi connectivity index (χ4n) is 2.19. The van der Waals surface area contributed by atoms with Crippen LogP contribution in [0.3, 0.4) is 0 Å². The topological polar surface area (TPSA) is 53.4 Å². The van der Waals surface area contributed by atoms with Gasteiger partial charge < -0.3 is 10.0 Å². The summed E-state index contributed by atoms with van der Waals surface area (Å²) >= 11 is 0. The lowest BCUT2D eigenvalue weighted by atomic mass is 9.96. The molecule has 0 aliphatic carbocycles. The first-order chi connectivity index (χ1) is 7.68. The van der Waals surface area contributed by atoms with E-state index in [0.29, 0.717) is 0 Å². The van der Waals surface area contributed by atoms with Gasteiger partial charge in [-0.25, -0.2) is 0 Å². The van der Waals surface area contributed by atoms with Crippen LogP contribution in [0, 0.1) is 12.8 Å². The maximum absolute atomic E-state index is 10.8. The van der Waals surface area contributed by atoms with Gasteiger partial charge in [0.15, 0.2) is 0 Å². The molecule has 0 amide bonds. The van der Waals surface area contributed by atoms with E-state index in [2.05, 4.69) is 9.88 Å². The molecule has 5 heteroatoms. The molecule has 0 spiro atoms. The van der Waals surface area contributed by atoms with Crippen molar-refractivity contribution in [3.63, 3.8) is 0 Å². The van der Waals surface area contributed by atoms with E-state index < -0.39 is 5.97 Å². The van der Waals surface area contributed by atoms with E-state index >= 15 is 0 Å². The Kier molecular flexibility index (Phi) is 4.75. The number of nitrogens with zero attached hydrogens (tertiary/aromatic N) is 2. The Hall–Kier alpha value is -1.29. The van der Waals surface area contributed by atoms with Crippen LogP contribution in [0.4, 0.5) is 5.69 Å². The first kappa shape index (κ1) is 13.8. The number of hydrogen-bond donors (Lipinski definition) is 1. The van der Waals surface area contributed by atoms with Crippen molar-refractivity contribution in [3.8, 4) is 0 Å². The Bertz CT molecular complexity index is 390. The average molecular weight is 257 g/mol. The van der Waals surface area contributed by atoms with Gasteiger partial charge in [0.2, 0.25) is 0 Å². The molecule has 0 aromatic carbocycles. The fourth-order valence-corrected chi connectivity index (χ4v) is 2.19. The van der Waals surface area contributed by atoms with E-state index in [1.165, 1.54) is 5.69 Å². The zero-order chi connectivity index (χ0) is 11.5. The summed E-state index contributed by atoms with van der Waals surface area (Å²) < 4.78 is 0. The Balaban J connectivity index is 0.00000144. The summed E-state index contributed by atoms with van der Waals surface area (Å²) in [5, 5.41) is 8.92. The molecule has 17 heavy (non-hydrogen) atoms. The third-order valence-electron chi connectivity index (χ3n) is 3.18. The van der Waals surface area contributed by atoms with Gasteiger partial charge in [-0.15, -0.1) is 12.4 Å². The zero-order valence-electron chi connectivity index (χ0n) is 9.80. The number of hydrogen-bond acceptors (Lipinski definition) is 3. The molecule has 1 aliphatic rings. The third kappa shape index (κ3) is 3.09. The number of carbonyl (C=O) groups is 1. The van der Waals surface area contributed by atoms with Crippen LogP contribution >= 0.6 is 12.4 Å². The van der Waals surface area contributed by atoms with E-state index in [4.69, 9.17) is 5.11 Å². The second-order valence-electron chi connectivity index (χ2n) is 4.26. The number of carboxylic acids is 1. The molecule has 1 N–H and O–H groups in total. The predicted octanol–water partition coefficient (Wildman–Crippen LogP) is 2.11. The number of carboxylic acid groups (broad SMARTS) is 1. The van der Waals surface area contributed by atoms with Crippen molar-refractivity contribution in [3.05, 3.63) is 24.0 Å². The second kappa shape index (κ2) is 5.87. The Morgan fingerprint density at radius 1 is 1.47 bits per heavy atom. The molecule has 0 saturated carbocycles. The molecule has 0 unspecified atom stereocenters. The normalized spacial score (nSPS) is 16.4. The monoisotopic (exact) mass is 256 g/mol. The van der Waals surface area contributed by atoms with Crippen molar-refractivity contribution in [2.24, 2.45) is 5.92 Å². The van der Waals surface area contributed by atoms with Crippen LogP contribution < -0.4 is 4.90 Å². The Morgan fingerprint density at radius 2 is 2.12 bits per heavy atom. The quantitative estimate of drug-likeness (QED) is 0.881. The van der Waals surface area contributed by atoms with E-state index in [1.807, 2.05) is 19.2 Å². The maximum atomic E-state index is 10.8. The zero-order valence-corrected chi connectivity index (χ0v) is 10.6. The lowest BCUT2D eigenvalue weighted by Crippen LogP contribution is -2.36. The predicted molar refractivity (Wildman–Crippen MR) is 68.8 cm³/mol. The molecule has 94 valence electrons. The third-order valence-corrected chi connectivity index (χ3v) is 3.18. The minimum atomic E-state index is -0.661. The summed E-state index contributed by atoms with van der Waals surface area (Å²) in [7, 11) is 0. The molecule has 0 radical (unpaired) electrons. The molecule has 0 atom stereocenters. The summed E-state index contributed by atoms with van der Waals surface area (Å²) in [6.07, 6.45) is 5.10. The molecular formula is C12H17ClN2O2. The summed E-state index contributed by atoms with van der Waals surface area (Å²) in [5.74, 6) is -0.829. The number of piperidine rings is 1. The fraction of sp³-hybridized carbons (Fsp3) is 0.500. The van der Waals surface area contributed by atoms with E-state index in [-0.39, 0.29) is 18.3 Å². The molecule has 1 aromatic heterocycles. The lowest BCUT2D eigenvalue weighted by Gasteiger charge is -2.32. The number of rotatable bonds is 2. The summed E-state index contributed by atoms with van der Waals surface area (Å²) in [5.41, 5.74) is 2.33. The summed E-state index contributed by atoms with van der Waals surface area (Å²) in [6.45, 7) is 3.68. The molecule has 1 saturated heterocycles. The van der Waals surface area contributed by atoms with Crippen LogP contribution in [0.2, 0.25) is 0 Å². The van der Waals surface area contributed by atoms with Crippen LogP contribution in [0.5, 0.6) is 0 Å². The molecule has 1 aliphatic heterocycles. The smallest absolute Gasteiger partial charge is 0.306 e. The van der Waals surface area contributed by atoms with Gasteiger partial charge in [0.1, 0.15) is 0 Å². The van der Waals surface area contributed by atoms with E-state index in [0.717, 1.165) is 31.5 Å². The summed E-state index contributed by atoms with van der Waals surface area (Å²) in [4.78, 5) is 17.1. The SMILES string of the molecule is Cc1cnccc1N1CCC(C(=O)O)CC1.Cl. The van der Waals surface area contributed by atoms with Gasteiger partial charge in [0.25, 0.3) is 0 Å². The molecule has 2 heterocycles. The minimum Gasteiger partial charge on any atom is -0.481 e. The van der Waals surface area contributed by atoms with Crippen molar-refractivity contribution >= 4 is 24.1 Å².